The molecule has 0 N–H and O–H groups in total. The Labute approximate surface area is 73.5 Å². The van der Waals surface area contributed by atoms with Crippen LogP contribution in [0.15, 0.2) is 29.6 Å². The quantitative estimate of drug-likeness (QED) is 0.393. The number of fused-ring (bicyclic) bond motifs is 1. The summed E-state index contributed by atoms with van der Waals surface area (Å²) in [6.45, 7) is 0.268. The molecule has 0 saturated heterocycles. The largest absolute Gasteiger partial charge is 0.236 e. The first kappa shape index (κ1) is 7.57. The van der Waals surface area contributed by atoms with Crippen molar-refractivity contribution in [2.24, 2.45) is 5.11 Å². The average molecular weight is 174 g/mol. The Morgan fingerprint density at radius 3 is 3.31 bits per heavy atom. The molecule has 0 radical (unpaired) electrons. The molecule has 0 aliphatic rings. The molecule has 2 aromatic rings. The third kappa shape index (κ3) is 1.43. The van der Waals surface area contributed by atoms with Crippen molar-refractivity contribution in [2.45, 2.75) is 6.54 Å². The zero-order valence-electron chi connectivity index (χ0n) is 6.70. The SMILES string of the molecule is [N-]=[N+]=NCc1ccc2nccn2n1. The number of imidazole rings is 1. The van der Waals surface area contributed by atoms with Crippen molar-refractivity contribution in [3.05, 3.63) is 40.7 Å². The van der Waals surface area contributed by atoms with Crippen LogP contribution in [0, 0.1) is 0 Å². The molecule has 0 aromatic carbocycles. The Morgan fingerprint density at radius 2 is 2.46 bits per heavy atom. The van der Waals surface area contributed by atoms with Gasteiger partial charge in [0.25, 0.3) is 0 Å². The summed E-state index contributed by atoms with van der Waals surface area (Å²) in [5, 5.41) is 7.58. The van der Waals surface area contributed by atoms with E-state index in [1.54, 1.807) is 23.0 Å². The van der Waals surface area contributed by atoms with Crippen LogP contribution in [-0.4, -0.2) is 14.6 Å². The molecular formula is C7H6N6. The smallest absolute Gasteiger partial charge is 0.153 e. The predicted octanol–water partition coefficient (Wildman–Crippen LogP) is 1.54. The Hall–Kier alpha value is -2.07. The minimum Gasteiger partial charge on any atom is -0.236 e. The normalized spacial score (nSPS) is 9.85. The first-order valence-electron chi connectivity index (χ1n) is 3.70. The molecule has 0 spiro atoms. The topological polar surface area (TPSA) is 79.0 Å². The second-order valence-corrected chi connectivity index (χ2v) is 2.44. The Balaban J connectivity index is 2.42. The molecule has 0 unspecified atom stereocenters. The first-order valence-corrected chi connectivity index (χ1v) is 3.70. The molecule has 6 nitrogen and oxygen atoms in total. The molecule has 0 saturated carbocycles. The highest BCUT2D eigenvalue weighted by molar-refractivity contribution is 5.36. The summed E-state index contributed by atoms with van der Waals surface area (Å²) >= 11 is 0. The van der Waals surface area contributed by atoms with Gasteiger partial charge >= 0.3 is 0 Å². The van der Waals surface area contributed by atoms with E-state index in [0.717, 1.165) is 11.3 Å². The van der Waals surface area contributed by atoms with E-state index < -0.39 is 0 Å². The van der Waals surface area contributed by atoms with Crippen LogP contribution >= 0.6 is 0 Å². The lowest BCUT2D eigenvalue weighted by atomic mass is 10.4. The van der Waals surface area contributed by atoms with Crippen LogP contribution in [0.25, 0.3) is 16.1 Å². The summed E-state index contributed by atoms with van der Waals surface area (Å²) < 4.78 is 1.64. The standard InChI is InChI=1S/C7H6N6/c8-12-10-5-6-1-2-7-9-3-4-13(7)11-6/h1-4H,5H2. The Bertz CT molecular complexity index is 467. The first-order chi connectivity index (χ1) is 6.40. The zero-order valence-corrected chi connectivity index (χ0v) is 6.70. The van der Waals surface area contributed by atoms with Gasteiger partial charge in [-0.2, -0.15) is 5.10 Å². The minimum atomic E-state index is 0.268. The predicted molar refractivity (Wildman–Crippen MR) is 45.8 cm³/mol. The molecule has 2 rings (SSSR count). The van der Waals surface area contributed by atoms with Crippen molar-refractivity contribution in [2.75, 3.05) is 0 Å². The number of nitrogens with zero attached hydrogens (tertiary/aromatic N) is 6. The molecule has 0 amide bonds. The molecule has 0 aliphatic heterocycles. The van der Waals surface area contributed by atoms with Crippen molar-refractivity contribution >= 4 is 5.65 Å². The lowest BCUT2D eigenvalue weighted by Crippen LogP contribution is -1.95. The van der Waals surface area contributed by atoms with Gasteiger partial charge in [-0.3, -0.25) is 0 Å². The van der Waals surface area contributed by atoms with E-state index in [1.807, 2.05) is 6.07 Å². The molecule has 13 heavy (non-hydrogen) atoms. The second kappa shape index (κ2) is 3.12. The van der Waals surface area contributed by atoms with E-state index >= 15 is 0 Å². The number of hydrogen-bond acceptors (Lipinski definition) is 3. The van der Waals surface area contributed by atoms with E-state index in [4.69, 9.17) is 5.53 Å². The maximum absolute atomic E-state index is 8.11. The van der Waals surface area contributed by atoms with Gasteiger partial charge in [0.2, 0.25) is 0 Å². The van der Waals surface area contributed by atoms with Gasteiger partial charge in [-0.15, -0.1) is 0 Å². The summed E-state index contributed by atoms with van der Waals surface area (Å²) in [5.41, 5.74) is 9.62. The molecule has 2 aromatic heterocycles. The van der Waals surface area contributed by atoms with Crippen LogP contribution in [0.2, 0.25) is 0 Å². The van der Waals surface area contributed by atoms with Crippen LogP contribution in [0.5, 0.6) is 0 Å². The summed E-state index contributed by atoms with van der Waals surface area (Å²) in [5.74, 6) is 0. The van der Waals surface area contributed by atoms with Gasteiger partial charge in [-0.25, -0.2) is 9.50 Å². The Morgan fingerprint density at radius 1 is 1.54 bits per heavy atom. The van der Waals surface area contributed by atoms with Crippen LogP contribution < -0.4 is 0 Å². The fourth-order valence-electron chi connectivity index (χ4n) is 1.04. The highest BCUT2D eigenvalue weighted by Gasteiger charge is 1.96. The monoisotopic (exact) mass is 174 g/mol. The lowest BCUT2D eigenvalue weighted by Gasteiger charge is -1.95. The molecule has 0 atom stereocenters. The van der Waals surface area contributed by atoms with Gasteiger partial charge in [0.15, 0.2) is 5.65 Å². The summed E-state index contributed by atoms with van der Waals surface area (Å²) in [7, 11) is 0. The van der Waals surface area contributed by atoms with E-state index in [0.29, 0.717) is 0 Å². The van der Waals surface area contributed by atoms with Crippen molar-refractivity contribution in [3.8, 4) is 0 Å². The molecule has 6 heteroatoms. The number of rotatable bonds is 2. The van der Waals surface area contributed by atoms with Gasteiger partial charge in [0.05, 0.1) is 12.2 Å². The van der Waals surface area contributed by atoms with Crippen LogP contribution in [0.3, 0.4) is 0 Å². The number of hydrogen-bond donors (Lipinski definition) is 0. The maximum atomic E-state index is 8.11. The summed E-state index contributed by atoms with van der Waals surface area (Å²) in [6, 6.07) is 3.62. The summed E-state index contributed by atoms with van der Waals surface area (Å²) in [4.78, 5) is 6.70. The lowest BCUT2D eigenvalue weighted by molar-refractivity contribution is 0.845. The van der Waals surface area contributed by atoms with Crippen molar-refractivity contribution in [3.63, 3.8) is 0 Å². The highest BCUT2D eigenvalue weighted by atomic mass is 15.3. The van der Waals surface area contributed by atoms with E-state index in [1.165, 1.54) is 0 Å². The third-order valence-corrected chi connectivity index (χ3v) is 1.61. The van der Waals surface area contributed by atoms with Crippen LogP contribution in [0.1, 0.15) is 5.69 Å². The van der Waals surface area contributed by atoms with Gasteiger partial charge in [0, 0.05) is 17.3 Å². The summed E-state index contributed by atoms with van der Waals surface area (Å²) in [6.07, 6.45) is 3.41. The van der Waals surface area contributed by atoms with Crippen LogP contribution in [-0.2, 0) is 6.54 Å². The van der Waals surface area contributed by atoms with Gasteiger partial charge in [-0.1, -0.05) is 5.11 Å². The maximum Gasteiger partial charge on any atom is 0.153 e. The average Bonchev–Trinajstić information content (AvgIpc) is 2.61. The second-order valence-electron chi connectivity index (χ2n) is 2.44. The zero-order chi connectivity index (χ0) is 9.10. The van der Waals surface area contributed by atoms with E-state index in [2.05, 4.69) is 20.1 Å². The molecule has 0 fully saturated rings. The van der Waals surface area contributed by atoms with Gasteiger partial charge in [-0.05, 0) is 17.7 Å². The van der Waals surface area contributed by atoms with Crippen LogP contribution in [0.4, 0.5) is 0 Å². The van der Waals surface area contributed by atoms with Gasteiger partial charge in [0.1, 0.15) is 0 Å². The van der Waals surface area contributed by atoms with Crippen molar-refractivity contribution in [1.29, 1.82) is 0 Å². The molecule has 64 valence electrons. The Kier molecular flexibility index (Phi) is 1.82. The molecular weight excluding hydrogens is 168 g/mol. The minimum absolute atomic E-state index is 0.268. The van der Waals surface area contributed by atoms with E-state index in [9.17, 15) is 0 Å². The fraction of sp³-hybridized carbons (Fsp3) is 0.143. The molecule has 0 aliphatic carbocycles. The van der Waals surface area contributed by atoms with Crippen molar-refractivity contribution in [1.82, 2.24) is 14.6 Å². The fourth-order valence-corrected chi connectivity index (χ4v) is 1.04. The van der Waals surface area contributed by atoms with Gasteiger partial charge < -0.3 is 0 Å². The number of aromatic nitrogens is 3. The molecule has 0 bridgehead atoms. The van der Waals surface area contributed by atoms with Crippen molar-refractivity contribution < 1.29 is 0 Å². The van der Waals surface area contributed by atoms with E-state index in [-0.39, 0.29) is 6.54 Å². The third-order valence-electron chi connectivity index (χ3n) is 1.61. The number of azide groups is 1. The molecule has 2 heterocycles. The highest BCUT2D eigenvalue weighted by Crippen LogP contribution is 2.01.